The molecule has 2 fully saturated rings. The highest BCUT2D eigenvalue weighted by Gasteiger charge is 2.32. The molecule has 1 aromatic carbocycles. The number of hydrogen-bond acceptors (Lipinski definition) is 4. The maximum absolute atomic E-state index is 12.4. The molecule has 5 nitrogen and oxygen atoms in total. The lowest BCUT2D eigenvalue weighted by Crippen LogP contribution is -2.45. The van der Waals surface area contributed by atoms with Crippen LogP contribution in [0.15, 0.2) is 29.2 Å². The lowest BCUT2D eigenvalue weighted by molar-refractivity contribution is 0.199. The summed E-state index contributed by atoms with van der Waals surface area (Å²) in [6.45, 7) is 1.94. The smallest absolute Gasteiger partial charge is 0.240 e. The van der Waals surface area contributed by atoms with Crippen LogP contribution in [-0.2, 0) is 10.0 Å². The van der Waals surface area contributed by atoms with Gasteiger partial charge in [0.2, 0.25) is 10.0 Å². The van der Waals surface area contributed by atoms with Gasteiger partial charge in [0.15, 0.2) is 0 Å². The lowest BCUT2D eigenvalue weighted by atomic mass is 10.1. The fourth-order valence-electron chi connectivity index (χ4n) is 2.84. The molecule has 0 bridgehead atoms. The van der Waals surface area contributed by atoms with E-state index in [1.165, 1.54) is 25.0 Å². The van der Waals surface area contributed by atoms with Crippen molar-refractivity contribution in [1.29, 1.82) is 5.26 Å². The van der Waals surface area contributed by atoms with Crippen molar-refractivity contribution in [2.75, 3.05) is 13.1 Å². The van der Waals surface area contributed by atoms with Gasteiger partial charge in [-0.1, -0.05) is 6.07 Å². The van der Waals surface area contributed by atoms with Crippen LogP contribution in [0.1, 0.15) is 31.2 Å². The predicted octanol–water partition coefficient (Wildman–Crippen LogP) is 1.46. The summed E-state index contributed by atoms with van der Waals surface area (Å²) in [5.41, 5.74) is 0.362. The van der Waals surface area contributed by atoms with Crippen molar-refractivity contribution >= 4 is 10.0 Å². The van der Waals surface area contributed by atoms with E-state index in [2.05, 4.69) is 9.62 Å². The number of likely N-dealkylation sites (tertiary alicyclic amines) is 1. The maximum atomic E-state index is 12.4. The van der Waals surface area contributed by atoms with Crippen molar-refractivity contribution in [3.63, 3.8) is 0 Å². The third-order valence-electron chi connectivity index (χ3n) is 4.19. The third kappa shape index (κ3) is 3.43. The summed E-state index contributed by atoms with van der Waals surface area (Å²) < 4.78 is 27.5. The monoisotopic (exact) mass is 305 g/mol. The first-order valence-corrected chi connectivity index (χ1v) is 8.83. The van der Waals surface area contributed by atoms with Gasteiger partial charge in [-0.2, -0.15) is 5.26 Å². The molecule has 2 aliphatic rings. The molecule has 1 N–H and O–H groups in total. The van der Waals surface area contributed by atoms with Gasteiger partial charge in [0.1, 0.15) is 0 Å². The van der Waals surface area contributed by atoms with Crippen molar-refractivity contribution in [3.8, 4) is 6.07 Å². The highest BCUT2D eigenvalue weighted by Crippen LogP contribution is 2.29. The van der Waals surface area contributed by atoms with Gasteiger partial charge >= 0.3 is 0 Å². The number of nitrogens with one attached hydrogen (secondary N) is 1. The fraction of sp³-hybridized carbons (Fsp3) is 0.533. The summed E-state index contributed by atoms with van der Waals surface area (Å²) in [5, 5.41) is 8.87. The number of piperidine rings is 1. The zero-order valence-corrected chi connectivity index (χ0v) is 12.6. The number of hydrogen-bond donors (Lipinski definition) is 1. The molecule has 1 aliphatic carbocycles. The molecule has 3 rings (SSSR count). The molecule has 0 spiro atoms. The minimum Gasteiger partial charge on any atom is -0.300 e. The van der Waals surface area contributed by atoms with Gasteiger partial charge in [0.25, 0.3) is 0 Å². The molecule has 1 aliphatic heterocycles. The normalized spacial score (nSPS) is 21.1. The molecule has 1 saturated heterocycles. The number of sulfonamides is 1. The Bertz CT molecular complexity index is 654. The van der Waals surface area contributed by atoms with Crippen LogP contribution in [0.4, 0.5) is 0 Å². The second kappa shape index (κ2) is 5.76. The number of nitrogens with zero attached hydrogens (tertiary/aromatic N) is 2. The van der Waals surface area contributed by atoms with E-state index in [4.69, 9.17) is 5.26 Å². The van der Waals surface area contributed by atoms with Crippen LogP contribution in [0.3, 0.4) is 0 Å². The van der Waals surface area contributed by atoms with Gasteiger partial charge in [-0.05, 0) is 57.0 Å². The van der Waals surface area contributed by atoms with Crippen LogP contribution in [0, 0.1) is 11.3 Å². The highest BCUT2D eigenvalue weighted by molar-refractivity contribution is 7.89. The number of benzene rings is 1. The molecular formula is C15H19N3O2S. The van der Waals surface area contributed by atoms with Gasteiger partial charge in [-0.25, -0.2) is 13.1 Å². The van der Waals surface area contributed by atoms with E-state index in [1.807, 2.05) is 6.07 Å². The Labute approximate surface area is 125 Å². The Morgan fingerprint density at radius 1 is 1.19 bits per heavy atom. The van der Waals surface area contributed by atoms with Gasteiger partial charge in [0.05, 0.1) is 16.5 Å². The molecule has 0 radical (unpaired) electrons. The molecule has 0 unspecified atom stereocenters. The van der Waals surface area contributed by atoms with E-state index in [1.54, 1.807) is 12.1 Å². The maximum Gasteiger partial charge on any atom is 0.240 e. The summed E-state index contributed by atoms with van der Waals surface area (Å²) >= 11 is 0. The Kier molecular flexibility index (Phi) is 3.98. The molecule has 0 aromatic heterocycles. The Balaban J connectivity index is 1.64. The summed E-state index contributed by atoms with van der Waals surface area (Å²) in [4.78, 5) is 2.63. The van der Waals surface area contributed by atoms with E-state index in [-0.39, 0.29) is 10.9 Å². The molecule has 1 saturated carbocycles. The van der Waals surface area contributed by atoms with Crippen LogP contribution in [0.2, 0.25) is 0 Å². The van der Waals surface area contributed by atoms with E-state index >= 15 is 0 Å². The predicted molar refractivity (Wildman–Crippen MR) is 79.1 cm³/mol. The molecule has 0 atom stereocenters. The van der Waals surface area contributed by atoms with Crippen LogP contribution in [-0.4, -0.2) is 38.5 Å². The molecule has 112 valence electrons. The first-order chi connectivity index (χ1) is 10.1. The van der Waals surface area contributed by atoms with Gasteiger partial charge < -0.3 is 4.90 Å². The Morgan fingerprint density at radius 3 is 2.52 bits per heavy atom. The zero-order valence-electron chi connectivity index (χ0n) is 11.8. The van der Waals surface area contributed by atoms with E-state index in [9.17, 15) is 8.42 Å². The summed E-state index contributed by atoms with van der Waals surface area (Å²) in [5.74, 6) is 0. The fourth-order valence-corrected chi connectivity index (χ4v) is 4.19. The summed E-state index contributed by atoms with van der Waals surface area (Å²) in [6.07, 6.45) is 4.29. The van der Waals surface area contributed by atoms with Crippen LogP contribution < -0.4 is 4.72 Å². The molecule has 0 amide bonds. The van der Waals surface area contributed by atoms with Crippen LogP contribution >= 0.6 is 0 Å². The van der Waals surface area contributed by atoms with Crippen molar-refractivity contribution < 1.29 is 8.42 Å². The summed E-state index contributed by atoms with van der Waals surface area (Å²) in [6, 6.07) is 8.86. The van der Waals surface area contributed by atoms with Gasteiger partial charge in [0, 0.05) is 12.1 Å². The van der Waals surface area contributed by atoms with E-state index < -0.39 is 10.0 Å². The average Bonchev–Trinajstić information content (AvgIpc) is 3.32. The topological polar surface area (TPSA) is 73.2 Å². The van der Waals surface area contributed by atoms with E-state index in [0.717, 1.165) is 32.0 Å². The first-order valence-electron chi connectivity index (χ1n) is 7.35. The Morgan fingerprint density at radius 2 is 1.90 bits per heavy atom. The zero-order chi connectivity index (χ0) is 14.9. The molecule has 21 heavy (non-hydrogen) atoms. The van der Waals surface area contributed by atoms with Gasteiger partial charge in [-0.15, -0.1) is 0 Å². The third-order valence-corrected chi connectivity index (χ3v) is 5.71. The van der Waals surface area contributed by atoms with Crippen LogP contribution in [0.5, 0.6) is 0 Å². The number of nitriles is 1. The second-order valence-electron chi connectivity index (χ2n) is 5.80. The molecule has 1 aromatic rings. The minimum absolute atomic E-state index is 0.00394. The van der Waals surface area contributed by atoms with Crippen molar-refractivity contribution in [3.05, 3.63) is 29.8 Å². The lowest BCUT2D eigenvalue weighted by Gasteiger charge is -2.32. The summed E-state index contributed by atoms with van der Waals surface area (Å²) in [7, 11) is -3.53. The van der Waals surface area contributed by atoms with E-state index in [0.29, 0.717) is 5.56 Å². The van der Waals surface area contributed by atoms with Gasteiger partial charge in [-0.3, -0.25) is 0 Å². The van der Waals surface area contributed by atoms with Crippen molar-refractivity contribution in [2.24, 2.45) is 0 Å². The number of rotatable bonds is 4. The quantitative estimate of drug-likeness (QED) is 0.914. The Hall–Kier alpha value is -1.42. The van der Waals surface area contributed by atoms with Crippen molar-refractivity contribution in [1.82, 2.24) is 9.62 Å². The SMILES string of the molecule is N#Cc1cccc(S(=O)(=O)NC2CCN(C3CC3)CC2)c1. The van der Waals surface area contributed by atoms with Crippen LogP contribution in [0.25, 0.3) is 0 Å². The molecular weight excluding hydrogens is 286 g/mol. The highest BCUT2D eigenvalue weighted by atomic mass is 32.2. The molecule has 1 heterocycles. The first kappa shape index (κ1) is 14.5. The van der Waals surface area contributed by atoms with Crippen molar-refractivity contribution in [2.45, 2.75) is 42.7 Å². The standard InChI is InChI=1S/C15H19N3O2S/c16-11-12-2-1-3-15(10-12)21(19,20)17-13-6-8-18(9-7-13)14-4-5-14/h1-3,10,13-14,17H,4-9H2. The molecule has 6 heteroatoms. The largest absolute Gasteiger partial charge is 0.300 e. The minimum atomic E-state index is -3.53. The second-order valence-corrected chi connectivity index (χ2v) is 7.52. The average molecular weight is 305 g/mol.